The number of sulfonamides is 1. The van der Waals surface area contributed by atoms with Gasteiger partial charge in [-0.2, -0.15) is 0 Å². The van der Waals surface area contributed by atoms with Crippen molar-refractivity contribution in [2.75, 3.05) is 18.0 Å². The summed E-state index contributed by atoms with van der Waals surface area (Å²) in [7, 11) is -2.12. The molecule has 1 amide bonds. The number of amides is 1. The Hall–Kier alpha value is -2.54. The second-order valence-corrected chi connectivity index (χ2v) is 8.29. The van der Waals surface area contributed by atoms with Crippen molar-refractivity contribution < 1.29 is 17.9 Å². The Morgan fingerprint density at radius 1 is 1.11 bits per heavy atom. The number of anilines is 1. The molecule has 0 saturated carbocycles. The minimum absolute atomic E-state index is 0.0778. The van der Waals surface area contributed by atoms with Gasteiger partial charge in [-0.15, -0.1) is 0 Å². The van der Waals surface area contributed by atoms with Gasteiger partial charge in [0.15, 0.2) is 6.61 Å². The highest BCUT2D eigenvalue weighted by Gasteiger charge is 2.20. The molecule has 2 aromatic carbocycles. The Balaban J connectivity index is 1.97. The lowest BCUT2D eigenvalue weighted by Gasteiger charge is -2.20. The third kappa shape index (κ3) is 5.72. The monoisotopic (exact) mass is 390 g/mol. The van der Waals surface area contributed by atoms with Crippen molar-refractivity contribution in [2.45, 2.75) is 37.6 Å². The van der Waals surface area contributed by atoms with E-state index in [-0.39, 0.29) is 23.5 Å². The van der Waals surface area contributed by atoms with E-state index >= 15 is 0 Å². The first-order chi connectivity index (χ1) is 12.8. The van der Waals surface area contributed by atoms with Gasteiger partial charge in [0.25, 0.3) is 15.9 Å². The molecule has 0 aliphatic rings. The number of hydrogen-bond acceptors (Lipinski definition) is 4. The van der Waals surface area contributed by atoms with E-state index in [0.29, 0.717) is 11.4 Å². The first-order valence-corrected chi connectivity index (χ1v) is 10.3. The van der Waals surface area contributed by atoms with Crippen LogP contribution in [0, 0.1) is 0 Å². The molecule has 1 unspecified atom stereocenters. The fourth-order valence-electron chi connectivity index (χ4n) is 2.61. The number of hydrogen-bond donors (Lipinski definition) is 1. The fourth-order valence-corrected chi connectivity index (χ4v) is 3.83. The molecule has 0 aromatic heterocycles. The maximum atomic E-state index is 12.6. The number of carbonyl (C=O) groups is 1. The van der Waals surface area contributed by atoms with Gasteiger partial charge in [0, 0.05) is 13.1 Å². The van der Waals surface area contributed by atoms with E-state index in [9.17, 15) is 13.2 Å². The molecule has 0 radical (unpaired) electrons. The van der Waals surface area contributed by atoms with Crippen molar-refractivity contribution >= 4 is 21.6 Å². The van der Waals surface area contributed by atoms with E-state index in [0.717, 1.165) is 12.8 Å². The summed E-state index contributed by atoms with van der Waals surface area (Å²) in [6.45, 7) is 3.94. The van der Waals surface area contributed by atoms with Gasteiger partial charge in [-0.3, -0.25) is 9.10 Å². The van der Waals surface area contributed by atoms with Gasteiger partial charge in [-0.1, -0.05) is 31.5 Å². The molecule has 0 aliphatic heterocycles. The Kier molecular flexibility index (Phi) is 7.24. The normalized spacial score (nSPS) is 12.3. The molecule has 0 fully saturated rings. The molecule has 7 heteroatoms. The van der Waals surface area contributed by atoms with Crippen LogP contribution in [0.5, 0.6) is 5.75 Å². The van der Waals surface area contributed by atoms with Crippen molar-refractivity contribution in [3.05, 3.63) is 54.6 Å². The van der Waals surface area contributed by atoms with Gasteiger partial charge in [-0.25, -0.2) is 8.42 Å². The Morgan fingerprint density at radius 2 is 1.74 bits per heavy atom. The zero-order valence-corrected chi connectivity index (χ0v) is 16.7. The fraction of sp³-hybridized carbons (Fsp3) is 0.350. The number of rotatable bonds is 9. The molecule has 0 aliphatic carbocycles. The van der Waals surface area contributed by atoms with Gasteiger partial charge in [0.2, 0.25) is 0 Å². The number of nitrogens with zero attached hydrogens (tertiary/aromatic N) is 1. The van der Waals surface area contributed by atoms with Crippen molar-refractivity contribution in [1.82, 2.24) is 5.32 Å². The molecule has 6 nitrogen and oxygen atoms in total. The molecular formula is C20H26N2O4S. The average Bonchev–Trinajstić information content (AvgIpc) is 2.67. The van der Waals surface area contributed by atoms with E-state index in [1.165, 1.54) is 11.4 Å². The van der Waals surface area contributed by atoms with Crippen molar-refractivity contribution in [2.24, 2.45) is 0 Å². The predicted octanol–water partition coefficient (Wildman–Crippen LogP) is 3.20. The average molecular weight is 391 g/mol. The smallest absolute Gasteiger partial charge is 0.264 e. The number of benzene rings is 2. The predicted molar refractivity (Wildman–Crippen MR) is 106 cm³/mol. The van der Waals surface area contributed by atoms with Crippen LogP contribution in [0.2, 0.25) is 0 Å². The third-order valence-electron chi connectivity index (χ3n) is 4.10. The van der Waals surface area contributed by atoms with Crippen LogP contribution in [0.3, 0.4) is 0 Å². The van der Waals surface area contributed by atoms with Crippen molar-refractivity contribution in [1.29, 1.82) is 0 Å². The van der Waals surface area contributed by atoms with Crippen LogP contribution in [-0.4, -0.2) is 34.0 Å². The highest BCUT2D eigenvalue weighted by molar-refractivity contribution is 7.92. The topological polar surface area (TPSA) is 75.7 Å². The van der Waals surface area contributed by atoms with Crippen molar-refractivity contribution in [3.8, 4) is 5.75 Å². The summed E-state index contributed by atoms with van der Waals surface area (Å²) in [6, 6.07) is 15.0. The molecule has 0 saturated heterocycles. The van der Waals surface area contributed by atoms with E-state index in [1.807, 2.05) is 6.92 Å². The van der Waals surface area contributed by atoms with Crippen LogP contribution in [0.1, 0.15) is 26.7 Å². The Bertz CT molecular complexity index is 836. The highest BCUT2D eigenvalue weighted by Crippen LogP contribution is 2.24. The van der Waals surface area contributed by atoms with E-state index in [4.69, 9.17) is 4.74 Å². The van der Waals surface area contributed by atoms with Gasteiger partial charge in [0.05, 0.1) is 10.6 Å². The van der Waals surface area contributed by atoms with Crippen molar-refractivity contribution in [3.63, 3.8) is 0 Å². The second-order valence-electron chi connectivity index (χ2n) is 6.33. The lowest BCUT2D eigenvalue weighted by molar-refractivity contribution is -0.123. The molecule has 0 spiro atoms. The number of carbonyl (C=O) groups excluding carboxylic acids is 1. The molecule has 1 atom stereocenters. The molecule has 2 rings (SSSR count). The maximum absolute atomic E-state index is 12.6. The maximum Gasteiger partial charge on any atom is 0.264 e. The zero-order valence-electron chi connectivity index (χ0n) is 15.9. The lowest BCUT2D eigenvalue weighted by atomic mass is 10.2. The van der Waals surface area contributed by atoms with Crippen LogP contribution < -0.4 is 14.4 Å². The summed E-state index contributed by atoms with van der Waals surface area (Å²) in [6.07, 6.45) is 1.92. The second kappa shape index (κ2) is 9.41. The first kappa shape index (κ1) is 20.8. The third-order valence-corrected chi connectivity index (χ3v) is 5.90. The summed E-state index contributed by atoms with van der Waals surface area (Å²) >= 11 is 0. The largest absolute Gasteiger partial charge is 0.484 e. The van der Waals surface area contributed by atoms with E-state index in [1.54, 1.807) is 54.6 Å². The van der Waals surface area contributed by atoms with Gasteiger partial charge < -0.3 is 10.1 Å². The summed E-state index contributed by atoms with van der Waals surface area (Å²) < 4.78 is 31.9. The number of nitrogens with one attached hydrogen (secondary N) is 1. The van der Waals surface area contributed by atoms with Crippen LogP contribution in [0.4, 0.5) is 5.69 Å². The Labute approximate surface area is 161 Å². The summed E-state index contributed by atoms with van der Waals surface area (Å²) in [5.74, 6) is 0.325. The molecule has 1 N–H and O–H groups in total. The van der Waals surface area contributed by atoms with Crippen LogP contribution >= 0.6 is 0 Å². The first-order valence-electron chi connectivity index (χ1n) is 8.90. The SMILES string of the molecule is CCCC(C)NC(=O)COc1ccc(N(C)S(=O)(=O)c2ccccc2)cc1. The minimum Gasteiger partial charge on any atom is -0.484 e. The quantitative estimate of drug-likeness (QED) is 0.713. The molecule has 2 aromatic rings. The molecule has 146 valence electrons. The van der Waals surface area contributed by atoms with Crippen LogP contribution in [-0.2, 0) is 14.8 Å². The molecule has 27 heavy (non-hydrogen) atoms. The summed E-state index contributed by atoms with van der Waals surface area (Å²) in [4.78, 5) is 12.1. The highest BCUT2D eigenvalue weighted by atomic mass is 32.2. The standard InChI is InChI=1S/C20H26N2O4S/c1-4-8-16(2)21-20(23)15-26-18-13-11-17(12-14-18)22(3)27(24,25)19-9-6-5-7-10-19/h5-7,9-14,16H,4,8,15H2,1-3H3,(H,21,23). The number of ether oxygens (including phenoxy) is 1. The van der Waals surface area contributed by atoms with E-state index in [2.05, 4.69) is 12.2 Å². The van der Waals surface area contributed by atoms with E-state index < -0.39 is 10.0 Å². The van der Waals surface area contributed by atoms with Crippen LogP contribution in [0.15, 0.2) is 59.5 Å². The zero-order chi connectivity index (χ0) is 19.9. The summed E-state index contributed by atoms with van der Waals surface area (Å²) in [5.41, 5.74) is 0.507. The molecule has 0 bridgehead atoms. The lowest BCUT2D eigenvalue weighted by Crippen LogP contribution is -2.35. The molecular weight excluding hydrogens is 364 g/mol. The van der Waals surface area contributed by atoms with Crippen LogP contribution in [0.25, 0.3) is 0 Å². The Morgan fingerprint density at radius 3 is 2.33 bits per heavy atom. The minimum atomic E-state index is -3.62. The summed E-state index contributed by atoms with van der Waals surface area (Å²) in [5, 5.41) is 2.87. The van der Waals surface area contributed by atoms with Gasteiger partial charge in [-0.05, 0) is 49.7 Å². The van der Waals surface area contributed by atoms with Gasteiger partial charge >= 0.3 is 0 Å². The van der Waals surface area contributed by atoms with Gasteiger partial charge in [0.1, 0.15) is 5.75 Å². The molecule has 0 heterocycles.